The Labute approximate surface area is 242 Å². The molecule has 0 unspecified atom stereocenters. The molecule has 1 aliphatic carbocycles. The molecule has 0 heterocycles. The molecule has 3 aromatic rings. The number of anilines is 1. The summed E-state index contributed by atoms with van der Waals surface area (Å²) in [5.74, 6) is -1.43. The summed E-state index contributed by atoms with van der Waals surface area (Å²) >= 11 is 0. The summed E-state index contributed by atoms with van der Waals surface area (Å²) in [4.78, 5) is 29.3. The Bertz CT molecular complexity index is 1470. The zero-order valence-corrected chi connectivity index (χ0v) is 24.7. The Morgan fingerprint density at radius 3 is 2.27 bits per heavy atom. The van der Waals surface area contributed by atoms with Gasteiger partial charge in [-0.15, -0.1) is 0 Å². The maximum Gasteiger partial charge on any atom is 0.244 e. The molecule has 1 saturated carbocycles. The number of aryl methyl sites for hydroxylation is 2. The van der Waals surface area contributed by atoms with Crippen molar-refractivity contribution >= 4 is 27.5 Å². The molecule has 2 amide bonds. The van der Waals surface area contributed by atoms with Crippen LogP contribution in [0.1, 0.15) is 47.9 Å². The molecule has 3 aromatic carbocycles. The van der Waals surface area contributed by atoms with Gasteiger partial charge in [-0.2, -0.15) is 0 Å². The molecule has 0 radical (unpaired) electrons. The Hall–Kier alpha value is -3.72. The van der Waals surface area contributed by atoms with E-state index in [-0.39, 0.29) is 30.5 Å². The van der Waals surface area contributed by atoms with Crippen molar-refractivity contribution in [2.24, 2.45) is 0 Å². The number of carbonyl (C=O) groups is 2. The minimum atomic E-state index is -3.88. The molecule has 1 atom stereocenters. The van der Waals surface area contributed by atoms with Gasteiger partial charge >= 0.3 is 0 Å². The highest BCUT2D eigenvalue weighted by Gasteiger charge is 2.34. The fourth-order valence-corrected chi connectivity index (χ4v) is 6.32. The van der Waals surface area contributed by atoms with E-state index >= 15 is 0 Å². The van der Waals surface area contributed by atoms with E-state index in [9.17, 15) is 22.4 Å². The molecule has 0 spiro atoms. The van der Waals surface area contributed by atoms with Gasteiger partial charge in [0.05, 0.1) is 11.9 Å². The number of nitrogens with zero attached hydrogens (tertiary/aromatic N) is 2. The summed E-state index contributed by atoms with van der Waals surface area (Å²) in [6.45, 7) is 2.97. The van der Waals surface area contributed by atoms with Crippen molar-refractivity contribution in [2.45, 2.75) is 64.6 Å². The summed E-state index contributed by atoms with van der Waals surface area (Å²) in [5, 5.41) is 3.11. The molecule has 218 valence electrons. The minimum absolute atomic E-state index is 0.00825. The van der Waals surface area contributed by atoms with Crippen molar-refractivity contribution < 1.29 is 22.4 Å². The highest BCUT2D eigenvalue weighted by molar-refractivity contribution is 7.92. The quantitative estimate of drug-likeness (QED) is 0.350. The largest absolute Gasteiger partial charge is 0.352 e. The third-order valence-electron chi connectivity index (χ3n) is 7.57. The van der Waals surface area contributed by atoms with Crippen LogP contribution in [0.4, 0.5) is 10.1 Å². The van der Waals surface area contributed by atoms with E-state index in [0.717, 1.165) is 47.4 Å². The number of sulfonamides is 1. The third-order valence-corrected chi connectivity index (χ3v) is 8.70. The van der Waals surface area contributed by atoms with E-state index in [1.165, 1.54) is 11.0 Å². The number of benzene rings is 3. The Morgan fingerprint density at radius 1 is 0.976 bits per heavy atom. The highest BCUT2D eigenvalue weighted by atomic mass is 32.2. The van der Waals surface area contributed by atoms with Gasteiger partial charge in [0.1, 0.15) is 18.4 Å². The smallest absolute Gasteiger partial charge is 0.244 e. The van der Waals surface area contributed by atoms with E-state index < -0.39 is 34.3 Å². The van der Waals surface area contributed by atoms with Gasteiger partial charge in [-0.1, -0.05) is 79.1 Å². The highest BCUT2D eigenvalue weighted by Crippen LogP contribution is 2.25. The second kappa shape index (κ2) is 13.3. The monoisotopic (exact) mass is 579 g/mol. The van der Waals surface area contributed by atoms with Gasteiger partial charge in [0, 0.05) is 24.6 Å². The Balaban J connectivity index is 1.75. The summed E-state index contributed by atoms with van der Waals surface area (Å²) in [6.07, 6.45) is 5.01. The zero-order chi connectivity index (χ0) is 29.6. The Kier molecular flexibility index (Phi) is 9.81. The first-order valence-electron chi connectivity index (χ1n) is 13.9. The van der Waals surface area contributed by atoms with Crippen molar-refractivity contribution in [3.63, 3.8) is 0 Å². The molecule has 4 rings (SSSR count). The lowest BCUT2D eigenvalue weighted by atomic mass is 10.0. The molecule has 7 nitrogen and oxygen atoms in total. The molecular formula is C32H38FN3O4S. The van der Waals surface area contributed by atoms with E-state index in [4.69, 9.17) is 0 Å². The van der Waals surface area contributed by atoms with Crippen LogP contribution < -0.4 is 9.62 Å². The fraction of sp³-hybridized carbons (Fsp3) is 0.375. The molecule has 1 N–H and O–H groups in total. The van der Waals surface area contributed by atoms with Gasteiger partial charge in [0.25, 0.3) is 0 Å². The van der Waals surface area contributed by atoms with Crippen LogP contribution in [0.5, 0.6) is 0 Å². The van der Waals surface area contributed by atoms with Crippen LogP contribution in [0, 0.1) is 19.7 Å². The van der Waals surface area contributed by atoms with Gasteiger partial charge in [-0.05, 0) is 49.9 Å². The van der Waals surface area contributed by atoms with Crippen LogP contribution in [0.25, 0.3) is 0 Å². The normalized spacial score (nSPS) is 14.4. The number of hydrogen-bond acceptors (Lipinski definition) is 4. The molecule has 1 fully saturated rings. The number of amides is 2. The van der Waals surface area contributed by atoms with Crippen molar-refractivity contribution in [1.29, 1.82) is 0 Å². The summed E-state index contributed by atoms with van der Waals surface area (Å²) in [5.41, 5.74) is 3.11. The topological polar surface area (TPSA) is 86.8 Å². The fourth-order valence-electron chi connectivity index (χ4n) is 5.41. The van der Waals surface area contributed by atoms with E-state index in [1.54, 1.807) is 37.3 Å². The van der Waals surface area contributed by atoms with Crippen molar-refractivity contribution in [1.82, 2.24) is 10.2 Å². The van der Waals surface area contributed by atoms with Gasteiger partial charge in [-0.25, -0.2) is 12.8 Å². The number of rotatable bonds is 11. The van der Waals surface area contributed by atoms with Crippen molar-refractivity contribution in [2.75, 3.05) is 17.1 Å². The maximum atomic E-state index is 14.9. The van der Waals surface area contributed by atoms with Crippen LogP contribution >= 0.6 is 0 Å². The average molecular weight is 580 g/mol. The van der Waals surface area contributed by atoms with Gasteiger partial charge in [0.15, 0.2) is 0 Å². The second-order valence-corrected chi connectivity index (χ2v) is 12.8. The first-order chi connectivity index (χ1) is 19.5. The predicted octanol–water partition coefficient (Wildman–Crippen LogP) is 4.91. The minimum Gasteiger partial charge on any atom is -0.352 e. The van der Waals surface area contributed by atoms with Gasteiger partial charge < -0.3 is 10.2 Å². The maximum absolute atomic E-state index is 14.9. The van der Waals surface area contributed by atoms with Crippen LogP contribution in [0.3, 0.4) is 0 Å². The van der Waals surface area contributed by atoms with Gasteiger partial charge in [0.2, 0.25) is 21.8 Å². The molecule has 41 heavy (non-hydrogen) atoms. The molecule has 0 aliphatic heterocycles. The van der Waals surface area contributed by atoms with E-state index in [1.807, 2.05) is 43.3 Å². The van der Waals surface area contributed by atoms with Crippen molar-refractivity contribution in [3.8, 4) is 0 Å². The standard InChI is InChI=1S/C32H38FN3O4S/c1-23-17-18-29(24(2)19-23)36(41(3,39)40)22-31(37)35(21-26-13-7-10-16-28(26)33)30(20-25-11-5-4-6-12-25)32(38)34-27-14-8-9-15-27/h4-7,10-13,16-19,27,30H,8-9,14-15,20-22H2,1-3H3,(H,34,38)/t30-/m0/s1. The summed E-state index contributed by atoms with van der Waals surface area (Å²) in [6, 6.07) is 19.8. The molecule has 1 aliphatic rings. The van der Waals surface area contributed by atoms with Crippen LogP contribution in [-0.4, -0.2) is 50.0 Å². The number of nitrogens with one attached hydrogen (secondary N) is 1. The summed E-state index contributed by atoms with van der Waals surface area (Å²) < 4.78 is 41.9. The van der Waals surface area contributed by atoms with Crippen LogP contribution in [0.2, 0.25) is 0 Å². The van der Waals surface area contributed by atoms with Crippen LogP contribution in [-0.2, 0) is 32.6 Å². The number of hydrogen-bond donors (Lipinski definition) is 1. The average Bonchev–Trinajstić information content (AvgIpc) is 3.43. The van der Waals surface area contributed by atoms with Crippen molar-refractivity contribution in [3.05, 3.63) is 101 Å². The lowest BCUT2D eigenvalue weighted by Crippen LogP contribution is -2.54. The first-order valence-corrected chi connectivity index (χ1v) is 15.8. The van der Waals surface area contributed by atoms with E-state index in [0.29, 0.717) is 11.3 Å². The number of halogens is 1. The van der Waals surface area contributed by atoms with Gasteiger partial charge in [-0.3, -0.25) is 13.9 Å². The predicted molar refractivity (Wildman–Crippen MR) is 159 cm³/mol. The first kappa shape index (κ1) is 30.2. The molecule has 0 bridgehead atoms. The molecule has 0 aromatic heterocycles. The van der Waals surface area contributed by atoms with E-state index in [2.05, 4.69) is 5.32 Å². The van der Waals surface area contributed by atoms with Crippen LogP contribution in [0.15, 0.2) is 72.8 Å². The number of carbonyl (C=O) groups excluding carboxylic acids is 2. The molecule has 9 heteroatoms. The zero-order valence-electron chi connectivity index (χ0n) is 23.8. The molecular weight excluding hydrogens is 541 g/mol. The Morgan fingerprint density at radius 2 is 1.63 bits per heavy atom. The summed E-state index contributed by atoms with van der Waals surface area (Å²) in [7, 11) is -3.88. The lowest BCUT2D eigenvalue weighted by molar-refractivity contribution is -0.140. The lowest BCUT2D eigenvalue weighted by Gasteiger charge is -2.34. The second-order valence-electron chi connectivity index (χ2n) is 10.9. The SMILES string of the molecule is Cc1ccc(N(CC(=O)N(Cc2ccccc2F)[C@@H](Cc2ccccc2)C(=O)NC2CCCC2)S(C)(=O)=O)c(C)c1. The third kappa shape index (κ3) is 7.94. The molecule has 0 saturated heterocycles.